The van der Waals surface area contributed by atoms with Crippen molar-refractivity contribution in [2.75, 3.05) is 17.2 Å². The molecular weight excluding hydrogens is 480 g/mol. The number of carbonyl (C=O) groups is 2. The molecule has 0 heterocycles. The predicted molar refractivity (Wildman–Crippen MR) is 138 cm³/mol. The second kappa shape index (κ2) is 10.5. The zero-order valence-corrected chi connectivity index (χ0v) is 20.5. The van der Waals surface area contributed by atoms with Crippen molar-refractivity contribution in [2.24, 2.45) is 0 Å². The molecule has 2 amide bonds. The Morgan fingerprint density at radius 2 is 1.53 bits per heavy atom. The first kappa shape index (κ1) is 24.7. The number of ether oxygens (including phenoxy) is 1. The minimum Gasteiger partial charge on any atom is -0.462 e. The molecule has 0 aliphatic heterocycles. The molecule has 4 aromatic rings. The van der Waals surface area contributed by atoms with Crippen molar-refractivity contribution in [3.8, 4) is 5.75 Å². The number of fused-ring (bicyclic) bond motifs is 1. The number of rotatable bonds is 7. The van der Waals surface area contributed by atoms with Gasteiger partial charge < -0.3 is 19.6 Å². The van der Waals surface area contributed by atoms with E-state index in [4.69, 9.17) is 8.92 Å². The van der Waals surface area contributed by atoms with Crippen LogP contribution in [0, 0.1) is 6.92 Å². The lowest BCUT2D eigenvalue weighted by molar-refractivity contribution is 0.0527. The first-order valence-corrected chi connectivity index (χ1v) is 12.6. The number of hydrogen-bond acceptors (Lipinski definition) is 6. The second-order valence-electron chi connectivity index (χ2n) is 7.88. The Labute approximate surface area is 209 Å². The Morgan fingerprint density at radius 1 is 0.833 bits per heavy atom. The van der Waals surface area contributed by atoms with Crippen LogP contribution in [0.1, 0.15) is 22.8 Å². The van der Waals surface area contributed by atoms with Gasteiger partial charge in [0.05, 0.1) is 23.5 Å². The monoisotopic (exact) mass is 504 g/mol. The molecule has 184 valence electrons. The Balaban J connectivity index is 1.59. The van der Waals surface area contributed by atoms with E-state index in [1.165, 1.54) is 30.3 Å². The number of amides is 2. The highest BCUT2D eigenvalue weighted by Crippen LogP contribution is 2.27. The van der Waals surface area contributed by atoms with Gasteiger partial charge in [0.2, 0.25) is 0 Å². The summed E-state index contributed by atoms with van der Waals surface area (Å²) in [5, 5.41) is 7.23. The van der Waals surface area contributed by atoms with Crippen molar-refractivity contribution in [3.63, 3.8) is 0 Å². The number of carbonyl (C=O) groups excluding carboxylic acids is 2. The van der Waals surface area contributed by atoms with E-state index in [1.807, 2.05) is 43.3 Å². The second-order valence-corrected chi connectivity index (χ2v) is 9.43. The molecule has 9 heteroatoms. The smallest absolute Gasteiger partial charge is 0.340 e. The number of esters is 1. The van der Waals surface area contributed by atoms with Crippen LogP contribution in [0.25, 0.3) is 10.8 Å². The topological polar surface area (TPSA) is 111 Å². The molecule has 4 rings (SSSR count). The van der Waals surface area contributed by atoms with Crippen LogP contribution in [0.2, 0.25) is 0 Å². The van der Waals surface area contributed by atoms with Crippen LogP contribution in [-0.4, -0.2) is 27.0 Å². The zero-order valence-electron chi connectivity index (χ0n) is 19.6. The summed E-state index contributed by atoms with van der Waals surface area (Å²) >= 11 is 0. The fourth-order valence-corrected chi connectivity index (χ4v) is 4.47. The van der Waals surface area contributed by atoms with E-state index < -0.39 is 22.1 Å². The lowest BCUT2D eigenvalue weighted by Gasteiger charge is -2.14. The summed E-state index contributed by atoms with van der Waals surface area (Å²) in [5.74, 6) is -0.838. The van der Waals surface area contributed by atoms with Crippen molar-refractivity contribution in [2.45, 2.75) is 18.7 Å². The maximum absolute atomic E-state index is 12.8. The Morgan fingerprint density at radius 3 is 2.28 bits per heavy atom. The van der Waals surface area contributed by atoms with E-state index in [-0.39, 0.29) is 28.5 Å². The van der Waals surface area contributed by atoms with Gasteiger partial charge in [0, 0.05) is 5.39 Å². The average Bonchev–Trinajstić information content (AvgIpc) is 2.85. The van der Waals surface area contributed by atoms with Crippen molar-refractivity contribution in [1.29, 1.82) is 0 Å². The summed E-state index contributed by atoms with van der Waals surface area (Å²) in [6.45, 7) is 3.57. The van der Waals surface area contributed by atoms with Crippen molar-refractivity contribution >= 4 is 44.3 Å². The number of hydrogen-bond donors (Lipinski definition) is 2. The van der Waals surface area contributed by atoms with E-state index >= 15 is 0 Å². The molecule has 8 nitrogen and oxygen atoms in total. The fourth-order valence-electron chi connectivity index (χ4n) is 3.55. The summed E-state index contributed by atoms with van der Waals surface area (Å²) in [4.78, 5) is 25.4. The Kier molecular flexibility index (Phi) is 7.21. The maximum atomic E-state index is 12.8. The lowest BCUT2D eigenvalue weighted by atomic mass is 10.1. The van der Waals surface area contributed by atoms with Gasteiger partial charge in [-0.3, -0.25) is 0 Å². The molecule has 0 saturated heterocycles. The number of nitrogens with one attached hydrogen (secondary N) is 2. The van der Waals surface area contributed by atoms with E-state index in [9.17, 15) is 18.0 Å². The predicted octanol–water partition coefficient (Wildman–Crippen LogP) is 5.74. The number of aryl methyl sites for hydroxylation is 1. The van der Waals surface area contributed by atoms with Gasteiger partial charge in [0.25, 0.3) is 0 Å². The van der Waals surface area contributed by atoms with Crippen LogP contribution in [0.3, 0.4) is 0 Å². The van der Waals surface area contributed by atoms with Gasteiger partial charge in [-0.05, 0) is 55.6 Å². The molecule has 0 unspecified atom stereocenters. The number of anilines is 2. The van der Waals surface area contributed by atoms with Gasteiger partial charge in [-0.15, -0.1) is 0 Å². The van der Waals surface area contributed by atoms with Crippen molar-refractivity contribution in [1.82, 2.24) is 0 Å². The summed E-state index contributed by atoms with van der Waals surface area (Å²) in [7, 11) is -4.13. The average molecular weight is 505 g/mol. The number of urea groups is 1. The molecule has 4 aromatic carbocycles. The largest absolute Gasteiger partial charge is 0.462 e. The van der Waals surface area contributed by atoms with Crippen LogP contribution in [0.5, 0.6) is 5.75 Å². The van der Waals surface area contributed by atoms with Crippen LogP contribution >= 0.6 is 0 Å². The van der Waals surface area contributed by atoms with E-state index in [2.05, 4.69) is 10.6 Å². The van der Waals surface area contributed by atoms with Crippen LogP contribution in [0.4, 0.5) is 16.2 Å². The summed E-state index contributed by atoms with van der Waals surface area (Å²) < 4.78 is 35.7. The standard InChI is InChI=1S/C27H24N2O6S/c1-3-34-26(30)23-17-20(35-36(32,33)21-14-11-18(2)12-15-21)13-16-25(23)29-27(31)28-24-10-6-8-19-7-4-5-9-22(19)24/h4-17H,3H2,1-2H3,(H2,28,29,31). The van der Waals surface area contributed by atoms with Gasteiger partial charge in [-0.2, -0.15) is 8.42 Å². The molecule has 0 radical (unpaired) electrons. The zero-order chi connectivity index (χ0) is 25.7. The maximum Gasteiger partial charge on any atom is 0.340 e. The minimum absolute atomic E-state index is 0.0255. The third kappa shape index (κ3) is 5.64. The van der Waals surface area contributed by atoms with Crippen molar-refractivity contribution in [3.05, 3.63) is 96.1 Å². The highest BCUT2D eigenvalue weighted by Gasteiger charge is 2.21. The van der Waals surface area contributed by atoms with Crippen LogP contribution in [0.15, 0.2) is 89.8 Å². The molecule has 0 spiro atoms. The molecule has 0 saturated carbocycles. The van der Waals surface area contributed by atoms with Gasteiger partial charge in [-0.1, -0.05) is 54.1 Å². The molecule has 0 fully saturated rings. The summed E-state index contributed by atoms with van der Waals surface area (Å²) in [6.07, 6.45) is 0. The molecule has 0 atom stereocenters. The fraction of sp³-hybridized carbons (Fsp3) is 0.111. The lowest BCUT2D eigenvalue weighted by Crippen LogP contribution is -2.21. The van der Waals surface area contributed by atoms with E-state index in [0.717, 1.165) is 16.3 Å². The van der Waals surface area contributed by atoms with E-state index in [0.29, 0.717) is 5.69 Å². The van der Waals surface area contributed by atoms with Gasteiger partial charge in [-0.25, -0.2) is 9.59 Å². The SMILES string of the molecule is CCOC(=O)c1cc(OS(=O)(=O)c2ccc(C)cc2)ccc1NC(=O)Nc1cccc2ccccc12. The first-order valence-electron chi connectivity index (χ1n) is 11.1. The molecule has 36 heavy (non-hydrogen) atoms. The normalized spacial score (nSPS) is 11.1. The quantitative estimate of drug-likeness (QED) is 0.245. The van der Waals surface area contributed by atoms with Gasteiger partial charge in [0.1, 0.15) is 10.6 Å². The first-order chi connectivity index (χ1) is 17.3. The summed E-state index contributed by atoms with van der Waals surface area (Å²) in [5.41, 5.74) is 1.57. The molecular formula is C27H24N2O6S. The molecule has 0 aromatic heterocycles. The van der Waals surface area contributed by atoms with Crippen molar-refractivity contribution < 1.29 is 26.9 Å². The Hall–Kier alpha value is -4.37. The Bertz CT molecular complexity index is 1530. The third-order valence-electron chi connectivity index (χ3n) is 5.29. The van der Waals surface area contributed by atoms with Gasteiger partial charge >= 0.3 is 22.1 Å². The number of benzene rings is 4. The third-order valence-corrected chi connectivity index (χ3v) is 6.55. The minimum atomic E-state index is -4.13. The van der Waals surface area contributed by atoms with Crippen LogP contribution in [-0.2, 0) is 14.9 Å². The molecule has 0 aliphatic rings. The van der Waals surface area contributed by atoms with E-state index in [1.54, 1.807) is 25.1 Å². The molecule has 2 N–H and O–H groups in total. The molecule has 0 bridgehead atoms. The highest BCUT2D eigenvalue weighted by atomic mass is 32.2. The highest BCUT2D eigenvalue weighted by molar-refractivity contribution is 7.87. The van der Waals surface area contributed by atoms with Gasteiger partial charge in [0.15, 0.2) is 0 Å². The summed E-state index contributed by atoms with van der Waals surface area (Å²) in [6, 6.07) is 22.7. The molecule has 0 aliphatic carbocycles. The van der Waals surface area contributed by atoms with Crippen LogP contribution < -0.4 is 14.8 Å².